The third kappa shape index (κ3) is 4.68. The fourth-order valence-electron chi connectivity index (χ4n) is 2.42. The molecular formula is C15H19ClN2O4S. The second-order valence-electron chi connectivity index (χ2n) is 5.51. The number of hydrogen-bond donors (Lipinski definition) is 1. The van der Waals surface area contributed by atoms with Crippen molar-refractivity contribution >= 4 is 33.3 Å². The van der Waals surface area contributed by atoms with Gasteiger partial charge in [-0.05, 0) is 31.0 Å². The first-order chi connectivity index (χ1) is 10.8. The maximum atomic E-state index is 12.1. The summed E-state index contributed by atoms with van der Waals surface area (Å²) in [6.45, 7) is 1.77. The van der Waals surface area contributed by atoms with Crippen molar-refractivity contribution in [3.8, 4) is 0 Å². The Morgan fingerprint density at radius 2 is 2.13 bits per heavy atom. The summed E-state index contributed by atoms with van der Waals surface area (Å²) < 4.78 is 23.1. The van der Waals surface area contributed by atoms with Gasteiger partial charge in [-0.3, -0.25) is 9.59 Å². The lowest BCUT2D eigenvalue weighted by Gasteiger charge is -2.15. The Kier molecular flexibility index (Phi) is 5.64. The molecule has 23 heavy (non-hydrogen) atoms. The van der Waals surface area contributed by atoms with Crippen molar-refractivity contribution < 1.29 is 18.0 Å². The second kappa shape index (κ2) is 7.31. The van der Waals surface area contributed by atoms with Gasteiger partial charge in [-0.2, -0.15) is 0 Å². The maximum Gasteiger partial charge on any atom is 0.252 e. The van der Waals surface area contributed by atoms with Crippen LogP contribution in [0.2, 0.25) is 5.02 Å². The molecule has 0 bridgehead atoms. The minimum absolute atomic E-state index is 0.0507. The molecule has 0 aliphatic carbocycles. The first kappa shape index (κ1) is 17.7. The van der Waals surface area contributed by atoms with E-state index in [0.717, 1.165) is 19.2 Å². The average Bonchev–Trinajstić information content (AvgIpc) is 2.88. The summed E-state index contributed by atoms with van der Waals surface area (Å²) in [4.78, 5) is 25.4. The zero-order valence-corrected chi connectivity index (χ0v) is 14.4. The van der Waals surface area contributed by atoms with Gasteiger partial charge in [0.1, 0.15) is 0 Å². The molecule has 0 spiro atoms. The summed E-state index contributed by atoms with van der Waals surface area (Å²) in [5.41, 5.74) is 0.131. The smallest absolute Gasteiger partial charge is 0.252 e. The lowest BCUT2D eigenvalue weighted by molar-refractivity contribution is -0.127. The average molecular weight is 359 g/mol. The second-order valence-corrected chi connectivity index (χ2v) is 7.93. The van der Waals surface area contributed by atoms with Crippen LogP contribution in [0.3, 0.4) is 0 Å². The van der Waals surface area contributed by atoms with Gasteiger partial charge in [0.05, 0.1) is 15.5 Å². The van der Waals surface area contributed by atoms with Gasteiger partial charge in [0, 0.05) is 32.3 Å². The third-order valence-electron chi connectivity index (χ3n) is 3.67. The molecule has 8 heteroatoms. The van der Waals surface area contributed by atoms with E-state index in [9.17, 15) is 18.0 Å². The Balaban J connectivity index is 1.91. The van der Waals surface area contributed by atoms with E-state index < -0.39 is 15.7 Å². The molecule has 0 saturated carbocycles. The van der Waals surface area contributed by atoms with Crippen molar-refractivity contribution in [2.24, 2.45) is 0 Å². The number of nitrogens with zero attached hydrogens (tertiary/aromatic N) is 1. The molecule has 0 aromatic heterocycles. The van der Waals surface area contributed by atoms with E-state index in [4.69, 9.17) is 11.6 Å². The van der Waals surface area contributed by atoms with E-state index in [1.54, 1.807) is 4.90 Å². The number of likely N-dealkylation sites (tertiary alicyclic amines) is 1. The molecule has 0 atom stereocenters. The van der Waals surface area contributed by atoms with Crippen LogP contribution in [0, 0.1) is 0 Å². The van der Waals surface area contributed by atoms with Crippen LogP contribution in [0.4, 0.5) is 0 Å². The Labute approximate surface area is 140 Å². The monoisotopic (exact) mass is 358 g/mol. The van der Waals surface area contributed by atoms with Crippen molar-refractivity contribution in [3.63, 3.8) is 0 Å². The lowest BCUT2D eigenvalue weighted by atomic mass is 10.2. The first-order valence-corrected chi connectivity index (χ1v) is 9.61. The third-order valence-corrected chi connectivity index (χ3v) is 5.11. The highest BCUT2D eigenvalue weighted by Crippen LogP contribution is 2.20. The number of carbonyl (C=O) groups excluding carboxylic acids is 2. The number of benzene rings is 1. The lowest BCUT2D eigenvalue weighted by Crippen LogP contribution is -2.30. The highest BCUT2D eigenvalue weighted by Gasteiger charge is 2.19. The van der Waals surface area contributed by atoms with Crippen LogP contribution in [0.1, 0.15) is 29.6 Å². The number of hydrogen-bond acceptors (Lipinski definition) is 4. The summed E-state index contributed by atoms with van der Waals surface area (Å²) in [6.07, 6.45) is 3.20. The highest BCUT2D eigenvalue weighted by molar-refractivity contribution is 7.90. The molecule has 2 rings (SSSR count). The molecule has 0 radical (unpaired) electrons. The van der Waals surface area contributed by atoms with Gasteiger partial charge in [0.15, 0.2) is 9.84 Å². The van der Waals surface area contributed by atoms with Crippen molar-refractivity contribution in [2.45, 2.75) is 24.2 Å². The SMILES string of the molecule is CS(=O)(=O)c1ccc(Cl)c(C(=O)NCCCN2CCCC2=O)c1. The minimum atomic E-state index is -3.40. The van der Waals surface area contributed by atoms with Gasteiger partial charge in [0.25, 0.3) is 5.91 Å². The Morgan fingerprint density at radius 1 is 1.39 bits per heavy atom. The normalized spacial score (nSPS) is 15.0. The molecule has 1 fully saturated rings. The minimum Gasteiger partial charge on any atom is -0.352 e. The van der Waals surface area contributed by atoms with Crippen LogP contribution in [0.15, 0.2) is 23.1 Å². The first-order valence-electron chi connectivity index (χ1n) is 7.34. The predicted octanol–water partition coefficient (Wildman–Crippen LogP) is 1.49. The zero-order chi connectivity index (χ0) is 17.0. The van der Waals surface area contributed by atoms with E-state index in [2.05, 4.69) is 5.32 Å². The maximum absolute atomic E-state index is 12.1. The predicted molar refractivity (Wildman–Crippen MR) is 87.3 cm³/mol. The number of amides is 2. The number of halogens is 1. The number of carbonyl (C=O) groups is 2. The van der Waals surface area contributed by atoms with E-state index in [1.807, 2.05) is 0 Å². The topological polar surface area (TPSA) is 83.6 Å². The quantitative estimate of drug-likeness (QED) is 0.781. The van der Waals surface area contributed by atoms with Crippen molar-refractivity contribution in [3.05, 3.63) is 28.8 Å². The van der Waals surface area contributed by atoms with Crippen LogP contribution >= 0.6 is 11.6 Å². The van der Waals surface area contributed by atoms with Gasteiger partial charge in [-0.15, -0.1) is 0 Å². The highest BCUT2D eigenvalue weighted by atomic mass is 35.5. The molecule has 1 saturated heterocycles. The Bertz CT molecular complexity index is 718. The van der Waals surface area contributed by atoms with E-state index in [1.165, 1.54) is 18.2 Å². The molecule has 1 N–H and O–H groups in total. The van der Waals surface area contributed by atoms with Crippen LogP contribution in [-0.4, -0.2) is 51.0 Å². The van der Waals surface area contributed by atoms with Gasteiger partial charge < -0.3 is 10.2 Å². The summed E-state index contributed by atoms with van der Waals surface area (Å²) >= 11 is 5.97. The van der Waals surface area contributed by atoms with Crippen LogP contribution < -0.4 is 5.32 Å². The van der Waals surface area contributed by atoms with Crippen molar-refractivity contribution in [2.75, 3.05) is 25.9 Å². The van der Waals surface area contributed by atoms with Crippen LogP contribution in [0.25, 0.3) is 0 Å². The van der Waals surface area contributed by atoms with E-state index in [-0.39, 0.29) is 21.4 Å². The Hall–Kier alpha value is -1.60. The molecule has 0 unspecified atom stereocenters. The molecule has 126 valence electrons. The summed E-state index contributed by atoms with van der Waals surface area (Å²) in [7, 11) is -3.40. The molecule has 1 aliphatic rings. The number of rotatable bonds is 6. The molecular weight excluding hydrogens is 340 g/mol. The number of sulfone groups is 1. The fourth-order valence-corrected chi connectivity index (χ4v) is 3.27. The fraction of sp³-hybridized carbons (Fsp3) is 0.467. The Morgan fingerprint density at radius 3 is 2.74 bits per heavy atom. The van der Waals surface area contributed by atoms with Gasteiger partial charge in [0.2, 0.25) is 5.91 Å². The van der Waals surface area contributed by atoms with Gasteiger partial charge in [-0.1, -0.05) is 11.6 Å². The van der Waals surface area contributed by atoms with E-state index >= 15 is 0 Å². The molecule has 1 aliphatic heterocycles. The van der Waals surface area contributed by atoms with Gasteiger partial charge in [-0.25, -0.2) is 8.42 Å². The zero-order valence-electron chi connectivity index (χ0n) is 12.8. The summed E-state index contributed by atoms with van der Waals surface area (Å²) in [5.74, 6) is -0.270. The molecule has 1 aromatic rings. The molecule has 1 aromatic carbocycles. The molecule has 2 amide bonds. The summed E-state index contributed by atoms with van der Waals surface area (Å²) in [5, 5.41) is 2.90. The van der Waals surface area contributed by atoms with Crippen LogP contribution in [-0.2, 0) is 14.6 Å². The van der Waals surface area contributed by atoms with Crippen molar-refractivity contribution in [1.82, 2.24) is 10.2 Å². The largest absolute Gasteiger partial charge is 0.352 e. The molecule has 6 nitrogen and oxygen atoms in total. The van der Waals surface area contributed by atoms with E-state index in [0.29, 0.717) is 25.9 Å². The molecule has 1 heterocycles. The van der Waals surface area contributed by atoms with Gasteiger partial charge >= 0.3 is 0 Å². The van der Waals surface area contributed by atoms with Crippen molar-refractivity contribution in [1.29, 1.82) is 0 Å². The standard InChI is InChI=1S/C15H19ClN2O4S/c1-23(21,22)11-5-6-13(16)12(10-11)15(20)17-7-3-9-18-8-2-4-14(18)19/h5-6,10H,2-4,7-9H2,1H3,(H,17,20). The number of nitrogens with one attached hydrogen (secondary N) is 1. The van der Waals surface area contributed by atoms with Crippen LogP contribution in [0.5, 0.6) is 0 Å². The summed E-state index contributed by atoms with van der Waals surface area (Å²) in [6, 6.07) is 4.04.